The number of hydrogen-bond donors (Lipinski definition) is 1. The van der Waals surface area contributed by atoms with Crippen LogP contribution in [0, 0.1) is 0 Å². The molecule has 0 aromatic heterocycles. The van der Waals surface area contributed by atoms with E-state index in [1.165, 1.54) is 57.6 Å². The fraction of sp³-hybridized carbons (Fsp3) is 0.412. The molecule has 0 unspecified atom stereocenters. The predicted molar refractivity (Wildman–Crippen MR) is 183 cm³/mol. The van der Waals surface area contributed by atoms with Crippen LogP contribution in [0.3, 0.4) is 0 Å². The van der Waals surface area contributed by atoms with Gasteiger partial charge < -0.3 is 29.2 Å². The van der Waals surface area contributed by atoms with E-state index in [0.29, 0.717) is 11.5 Å². The molecule has 0 aliphatic heterocycles. The molecule has 2 amide bonds. The third-order valence-electron chi connectivity index (χ3n) is 8.24. The molecule has 1 aliphatic rings. The summed E-state index contributed by atoms with van der Waals surface area (Å²) in [7, 11) is 1.27. The summed E-state index contributed by atoms with van der Waals surface area (Å²) in [6.45, 7) is 1.08. The lowest BCUT2D eigenvalue weighted by molar-refractivity contribution is -0.139. The SMILES string of the molecule is COc1ccc(OC)c(N(CC(=O)N(Cc2cccc(Br)c2)[C@H](C)C(=O)NC2CCCCC2)S(=O)(=O)c2ccc(OC)c(OC)c2)c1. The first-order valence-electron chi connectivity index (χ1n) is 15.3. The van der Waals surface area contributed by atoms with E-state index in [9.17, 15) is 18.0 Å². The van der Waals surface area contributed by atoms with Crippen LogP contribution in [0.4, 0.5) is 5.69 Å². The summed E-state index contributed by atoms with van der Waals surface area (Å²) < 4.78 is 52.4. The molecule has 3 aromatic carbocycles. The maximum Gasteiger partial charge on any atom is 0.265 e. The molecule has 0 spiro atoms. The van der Waals surface area contributed by atoms with E-state index < -0.39 is 28.5 Å². The van der Waals surface area contributed by atoms with Crippen LogP contribution >= 0.6 is 15.9 Å². The van der Waals surface area contributed by atoms with Crippen molar-refractivity contribution >= 4 is 43.5 Å². The van der Waals surface area contributed by atoms with Crippen LogP contribution in [0.15, 0.2) is 70.0 Å². The molecule has 254 valence electrons. The Labute approximate surface area is 285 Å². The summed E-state index contributed by atoms with van der Waals surface area (Å²) in [5.74, 6) is 0.197. The van der Waals surface area contributed by atoms with Gasteiger partial charge in [0.25, 0.3) is 10.0 Å². The molecular formula is C34H42BrN3O8S. The van der Waals surface area contributed by atoms with Crippen molar-refractivity contribution in [3.8, 4) is 23.0 Å². The summed E-state index contributed by atoms with van der Waals surface area (Å²) in [5.41, 5.74) is 0.843. The Morgan fingerprint density at radius 3 is 2.19 bits per heavy atom. The monoisotopic (exact) mass is 731 g/mol. The van der Waals surface area contributed by atoms with E-state index in [1.807, 2.05) is 24.3 Å². The quantitative estimate of drug-likeness (QED) is 0.229. The van der Waals surface area contributed by atoms with Crippen molar-refractivity contribution in [1.29, 1.82) is 0 Å². The van der Waals surface area contributed by atoms with Crippen molar-refractivity contribution in [2.75, 3.05) is 39.3 Å². The molecule has 0 bridgehead atoms. The van der Waals surface area contributed by atoms with Crippen molar-refractivity contribution in [1.82, 2.24) is 10.2 Å². The lowest BCUT2D eigenvalue weighted by atomic mass is 9.95. The molecular weight excluding hydrogens is 690 g/mol. The number of carbonyl (C=O) groups is 2. The van der Waals surface area contributed by atoms with Crippen LogP contribution in [0.25, 0.3) is 0 Å². The Morgan fingerprint density at radius 2 is 1.55 bits per heavy atom. The average molecular weight is 733 g/mol. The summed E-state index contributed by atoms with van der Waals surface area (Å²) in [6, 6.07) is 15.4. The lowest BCUT2D eigenvalue weighted by Gasteiger charge is -2.33. The number of carbonyl (C=O) groups excluding carboxylic acids is 2. The Hall–Kier alpha value is -3.97. The van der Waals surface area contributed by atoms with Gasteiger partial charge in [-0.3, -0.25) is 13.9 Å². The first-order valence-corrected chi connectivity index (χ1v) is 17.6. The molecule has 4 rings (SSSR count). The lowest BCUT2D eigenvalue weighted by Crippen LogP contribution is -2.53. The summed E-state index contributed by atoms with van der Waals surface area (Å²) in [6.07, 6.45) is 4.96. The predicted octanol–water partition coefficient (Wildman–Crippen LogP) is 5.55. The molecule has 3 aromatic rings. The van der Waals surface area contributed by atoms with Crippen molar-refractivity contribution in [2.24, 2.45) is 0 Å². The zero-order valence-electron chi connectivity index (χ0n) is 27.3. The third kappa shape index (κ3) is 8.69. The standard InChI is InChI=1S/C34H42BrN3O8S/c1-23(34(40)36-26-12-7-6-8-13-26)37(21-24-10-9-11-25(35)18-24)33(39)22-38(29-19-27(43-2)14-16-30(29)44-3)47(41,42)28-15-17-31(45-4)32(20-28)46-5/h9-11,14-20,23,26H,6-8,12-13,21-22H2,1-5H3,(H,36,40)/t23-/m1/s1. The average Bonchev–Trinajstić information content (AvgIpc) is 3.08. The molecule has 1 N–H and O–H groups in total. The molecule has 1 atom stereocenters. The molecule has 1 fully saturated rings. The maximum absolute atomic E-state index is 14.5. The zero-order chi connectivity index (χ0) is 34.1. The number of amides is 2. The Bertz CT molecular complexity index is 1660. The number of nitrogens with one attached hydrogen (secondary N) is 1. The van der Waals surface area contributed by atoms with Gasteiger partial charge in [-0.2, -0.15) is 0 Å². The first-order chi connectivity index (χ1) is 22.5. The van der Waals surface area contributed by atoms with Gasteiger partial charge in [-0.25, -0.2) is 8.42 Å². The minimum Gasteiger partial charge on any atom is -0.497 e. The fourth-order valence-electron chi connectivity index (χ4n) is 5.59. The first kappa shape index (κ1) is 35.9. The molecule has 0 radical (unpaired) electrons. The highest BCUT2D eigenvalue weighted by Gasteiger charge is 2.35. The van der Waals surface area contributed by atoms with E-state index in [4.69, 9.17) is 18.9 Å². The second-order valence-corrected chi connectivity index (χ2v) is 14.0. The number of rotatable bonds is 14. The number of hydrogen-bond acceptors (Lipinski definition) is 8. The van der Waals surface area contributed by atoms with Gasteiger partial charge in [-0.15, -0.1) is 0 Å². The topological polar surface area (TPSA) is 124 Å². The van der Waals surface area contributed by atoms with E-state index in [1.54, 1.807) is 19.1 Å². The minimum atomic E-state index is -4.44. The number of ether oxygens (including phenoxy) is 4. The Kier molecular flexibility index (Phi) is 12.4. The van der Waals surface area contributed by atoms with Crippen molar-refractivity contribution in [3.05, 3.63) is 70.7 Å². The molecule has 47 heavy (non-hydrogen) atoms. The highest BCUT2D eigenvalue weighted by molar-refractivity contribution is 9.10. The maximum atomic E-state index is 14.5. The van der Waals surface area contributed by atoms with Gasteiger partial charge in [0.2, 0.25) is 11.8 Å². The van der Waals surface area contributed by atoms with E-state index in [2.05, 4.69) is 21.2 Å². The largest absolute Gasteiger partial charge is 0.497 e. The number of halogens is 1. The Morgan fingerprint density at radius 1 is 0.872 bits per heavy atom. The van der Waals surface area contributed by atoms with E-state index in [-0.39, 0.29) is 40.6 Å². The zero-order valence-corrected chi connectivity index (χ0v) is 29.7. The summed E-state index contributed by atoms with van der Waals surface area (Å²) >= 11 is 3.48. The Balaban J connectivity index is 1.78. The minimum absolute atomic E-state index is 0.0319. The number of nitrogens with zero attached hydrogens (tertiary/aromatic N) is 2. The van der Waals surface area contributed by atoms with Crippen LogP contribution < -0.4 is 28.6 Å². The van der Waals surface area contributed by atoms with Crippen LogP contribution in [0.5, 0.6) is 23.0 Å². The van der Waals surface area contributed by atoms with Gasteiger partial charge in [-0.1, -0.05) is 47.3 Å². The van der Waals surface area contributed by atoms with E-state index >= 15 is 0 Å². The third-order valence-corrected chi connectivity index (χ3v) is 10.5. The number of benzene rings is 3. The van der Waals surface area contributed by atoms with Crippen LogP contribution in [0.1, 0.15) is 44.6 Å². The fourth-order valence-corrected chi connectivity index (χ4v) is 7.47. The molecule has 0 saturated heterocycles. The van der Waals surface area contributed by atoms with Gasteiger partial charge >= 0.3 is 0 Å². The highest BCUT2D eigenvalue weighted by Crippen LogP contribution is 2.38. The van der Waals surface area contributed by atoms with E-state index in [0.717, 1.165) is 46.4 Å². The van der Waals surface area contributed by atoms with Crippen molar-refractivity contribution in [2.45, 2.75) is 62.6 Å². The van der Waals surface area contributed by atoms with Crippen LogP contribution in [-0.2, 0) is 26.2 Å². The molecule has 1 saturated carbocycles. The second-order valence-electron chi connectivity index (χ2n) is 11.2. The molecule has 13 heteroatoms. The van der Waals surface area contributed by atoms with Gasteiger partial charge in [0.05, 0.1) is 39.0 Å². The number of anilines is 1. The van der Waals surface area contributed by atoms with Crippen LogP contribution in [-0.4, -0.2) is 72.2 Å². The molecule has 0 heterocycles. The summed E-state index contributed by atoms with van der Waals surface area (Å²) in [4.78, 5) is 29.3. The number of sulfonamides is 1. The van der Waals surface area contributed by atoms with Crippen molar-refractivity contribution < 1.29 is 37.0 Å². The summed E-state index contributed by atoms with van der Waals surface area (Å²) in [5, 5.41) is 3.11. The second kappa shape index (κ2) is 16.2. The van der Waals surface area contributed by atoms with Gasteiger partial charge in [0.1, 0.15) is 24.1 Å². The van der Waals surface area contributed by atoms with Crippen LogP contribution in [0.2, 0.25) is 0 Å². The highest BCUT2D eigenvalue weighted by atomic mass is 79.9. The van der Waals surface area contributed by atoms with Gasteiger partial charge in [0, 0.05) is 29.2 Å². The smallest absolute Gasteiger partial charge is 0.265 e. The van der Waals surface area contributed by atoms with Gasteiger partial charge in [0.15, 0.2) is 11.5 Å². The number of methoxy groups -OCH3 is 4. The molecule has 1 aliphatic carbocycles. The van der Waals surface area contributed by atoms with Crippen molar-refractivity contribution in [3.63, 3.8) is 0 Å². The molecule has 11 nitrogen and oxygen atoms in total. The normalized spacial score (nSPS) is 14.1. The van der Waals surface area contributed by atoms with Gasteiger partial charge in [-0.05, 0) is 61.7 Å².